The van der Waals surface area contributed by atoms with Crippen LogP contribution in [0, 0.1) is 0 Å². The zero-order valence-corrected chi connectivity index (χ0v) is 35.9. The van der Waals surface area contributed by atoms with E-state index in [2.05, 4.69) is 48.1 Å². The molecule has 0 aromatic heterocycles. The molecule has 0 heterocycles. The smallest absolute Gasteiger partial charge is 0.850 e. The van der Waals surface area contributed by atoms with Gasteiger partial charge in [0.05, 0.1) is 52.9 Å². The normalized spacial score (nSPS) is 10.5. The molecule has 12 nitrogen and oxygen atoms in total. The molecule has 0 atom stereocenters. The second-order valence-electron chi connectivity index (χ2n) is 6.30. The second kappa shape index (κ2) is 45.7. The van der Waals surface area contributed by atoms with Gasteiger partial charge in [0, 0.05) is 26.4 Å². The average molecular weight is 1250 g/mol. The Labute approximate surface area is 310 Å². The molecule has 41 heavy (non-hydrogen) atoms. The van der Waals surface area contributed by atoms with Gasteiger partial charge in [0.25, 0.3) is 0 Å². The molecule has 0 saturated carbocycles. The van der Waals surface area contributed by atoms with Gasteiger partial charge in [-0.25, -0.2) is 0 Å². The summed E-state index contributed by atoms with van der Waals surface area (Å²) in [5.74, 6) is 0. The molecule has 0 spiro atoms. The van der Waals surface area contributed by atoms with Crippen LogP contribution in [0.4, 0.5) is 0 Å². The first-order valence-corrected chi connectivity index (χ1v) is 19.2. The Kier molecular flexibility index (Phi) is 66.8. The molecule has 0 aromatic carbocycles. The van der Waals surface area contributed by atoms with Crippen LogP contribution in [0.2, 0.25) is 0 Å². The predicted molar refractivity (Wildman–Crippen MR) is 152 cm³/mol. The maximum Gasteiger partial charge on any atom is 2.00 e. The van der Waals surface area contributed by atoms with E-state index in [1.165, 1.54) is 0 Å². The Balaban J connectivity index is -0.0000000806. The summed E-state index contributed by atoms with van der Waals surface area (Å²) in [4.78, 5) is 37.2. The number of rotatable bonds is 20. The first-order chi connectivity index (χ1) is 17.6. The van der Waals surface area contributed by atoms with Gasteiger partial charge in [-0.05, 0) is 41.5 Å². The molecule has 21 heteroatoms. The molecule has 260 valence electrons. The molecule has 0 N–H and O–H groups in total. The standard InChI is InChI=1S/2C10H22O4.2H3O2PS2.3Pt/c2*1-4-11-6-8-13-10(3)14-9-7-12-5-2;2*1-3(2,4)5;;;/h2*10H,4-9H2,1-3H3;2*(H3,1,2,4,5);;;/q;;;;3*+2/p-6. The minimum atomic E-state index is -3.72. The van der Waals surface area contributed by atoms with Crippen LogP contribution in [0.25, 0.3) is 0 Å². The van der Waals surface area contributed by atoms with Crippen LogP contribution in [0.1, 0.15) is 41.5 Å². The van der Waals surface area contributed by atoms with Gasteiger partial charge in [-0.1, -0.05) is 0 Å². The maximum absolute atomic E-state index is 9.29. The van der Waals surface area contributed by atoms with Gasteiger partial charge in [0.2, 0.25) is 0 Å². The number of hydrogen-bond acceptors (Lipinski definition) is 16. The number of ether oxygens (including phenoxy) is 8. The van der Waals surface area contributed by atoms with E-state index < -0.39 is 11.4 Å². The van der Waals surface area contributed by atoms with E-state index in [1.807, 2.05) is 41.5 Å². The van der Waals surface area contributed by atoms with E-state index in [9.17, 15) is 19.6 Å². The summed E-state index contributed by atoms with van der Waals surface area (Å²) >= 11 is 14.6. The zero-order chi connectivity index (χ0) is 30.3. The van der Waals surface area contributed by atoms with Gasteiger partial charge in [0.1, 0.15) is 0 Å². The average Bonchev–Trinajstić information content (AvgIpc) is 2.78. The van der Waals surface area contributed by atoms with Crippen molar-refractivity contribution < 1.29 is 121 Å². The largest absolute Gasteiger partial charge is 2.00 e. The van der Waals surface area contributed by atoms with Crippen molar-refractivity contribution >= 4 is 59.5 Å². The van der Waals surface area contributed by atoms with Crippen molar-refractivity contribution in [3.05, 3.63) is 0 Å². The van der Waals surface area contributed by atoms with E-state index in [0.29, 0.717) is 52.9 Å². The first kappa shape index (κ1) is 60.0. The summed E-state index contributed by atoms with van der Waals surface area (Å²) in [7, 11) is 0. The zero-order valence-electron chi connectivity index (χ0n) is 24.0. The van der Waals surface area contributed by atoms with E-state index in [1.54, 1.807) is 0 Å². The summed E-state index contributed by atoms with van der Waals surface area (Å²) < 4.78 is 41.8. The SMILES string of the molecule is CCOCCOC(C)OCCOCC.CCOCCOC(C)OCCOCC.[O-]P([O-])(=S)[S-].[O-]P([O-])(=S)[S-].[Pt+2].[Pt+2].[Pt+2]. The molecule has 0 amide bonds. The third kappa shape index (κ3) is 99.1. The van der Waals surface area contributed by atoms with Crippen molar-refractivity contribution in [3.8, 4) is 0 Å². The minimum absolute atomic E-state index is 0. The topological polar surface area (TPSA) is 166 Å². The molecule has 0 saturated heterocycles. The molecule has 0 aromatic rings. The van der Waals surface area contributed by atoms with Crippen LogP contribution in [-0.4, -0.2) is 91.9 Å². The fraction of sp³-hybridized carbons (Fsp3) is 1.00. The van der Waals surface area contributed by atoms with Crippen molar-refractivity contribution in [2.45, 2.75) is 54.1 Å². The summed E-state index contributed by atoms with van der Waals surface area (Å²) in [5.41, 5.74) is -7.44. The van der Waals surface area contributed by atoms with Crippen molar-refractivity contribution in [3.63, 3.8) is 0 Å². The maximum atomic E-state index is 9.29. The Morgan fingerprint density at radius 1 is 0.488 bits per heavy atom. The van der Waals surface area contributed by atoms with Gasteiger partial charge in [0.15, 0.2) is 12.6 Å². The Morgan fingerprint density at radius 2 is 0.634 bits per heavy atom. The fourth-order valence-electron chi connectivity index (χ4n) is 1.77. The number of hydrogen-bond donors (Lipinski definition) is 0. The first-order valence-electron chi connectivity index (χ1n) is 11.9. The Hall–Kier alpha value is 3.58. The summed E-state index contributed by atoms with van der Waals surface area (Å²) in [6.45, 7) is 19.3. The fourth-order valence-corrected chi connectivity index (χ4v) is 1.77. The molecular formula is C20H44O12P2Pt3S4. The van der Waals surface area contributed by atoms with Gasteiger partial charge in [-0.2, -0.15) is 23.6 Å². The van der Waals surface area contributed by atoms with Gasteiger partial charge < -0.3 is 93.4 Å². The molecule has 0 aliphatic rings. The second-order valence-corrected chi connectivity index (χ2v) is 15.2. The molecule has 0 aliphatic heterocycles. The van der Waals surface area contributed by atoms with E-state index in [0.717, 1.165) is 26.4 Å². The van der Waals surface area contributed by atoms with Gasteiger partial charge >= 0.3 is 63.2 Å². The van der Waals surface area contributed by atoms with E-state index in [4.69, 9.17) is 37.9 Å². The Bertz CT molecular complexity index is 473. The van der Waals surface area contributed by atoms with Crippen molar-refractivity contribution in [1.29, 1.82) is 0 Å². The molecular weight excluding hydrogens is 1210 g/mol. The predicted octanol–water partition coefficient (Wildman–Crippen LogP) is -0.173. The van der Waals surface area contributed by atoms with E-state index in [-0.39, 0.29) is 75.8 Å². The minimum Gasteiger partial charge on any atom is -0.850 e. The Morgan fingerprint density at radius 3 is 0.756 bits per heavy atom. The van der Waals surface area contributed by atoms with Crippen molar-refractivity contribution in [2.24, 2.45) is 0 Å². The van der Waals surface area contributed by atoms with Crippen molar-refractivity contribution in [1.82, 2.24) is 0 Å². The van der Waals surface area contributed by atoms with Crippen LogP contribution < -0.4 is 19.6 Å². The molecule has 0 aliphatic carbocycles. The van der Waals surface area contributed by atoms with Crippen LogP contribution in [-0.2, 0) is 149 Å². The molecule has 0 rings (SSSR count). The summed E-state index contributed by atoms with van der Waals surface area (Å²) in [6, 6.07) is 0. The van der Waals surface area contributed by atoms with Crippen LogP contribution >= 0.6 is 11.4 Å². The summed E-state index contributed by atoms with van der Waals surface area (Å²) in [5, 5.41) is 0. The van der Waals surface area contributed by atoms with E-state index >= 15 is 0 Å². The molecule has 0 unspecified atom stereocenters. The summed E-state index contributed by atoms with van der Waals surface area (Å²) in [6.07, 6.45) is -0.369. The molecule has 0 bridgehead atoms. The molecule has 0 radical (unpaired) electrons. The van der Waals surface area contributed by atoms with Gasteiger partial charge in [-0.15, -0.1) is 0 Å². The third-order valence-corrected chi connectivity index (χ3v) is 3.14. The monoisotopic (exact) mass is 1250 g/mol. The van der Waals surface area contributed by atoms with Crippen molar-refractivity contribution in [2.75, 3.05) is 79.3 Å². The van der Waals surface area contributed by atoms with Crippen LogP contribution in [0.5, 0.6) is 0 Å². The third-order valence-electron chi connectivity index (χ3n) is 3.14. The van der Waals surface area contributed by atoms with Gasteiger partial charge in [-0.3, -0.25) is 0 Å². The van der Waals surface area contributed by atoms with Crippen LogP contribution in [0.15, 0.2) is 0 Å². The molecule has 0 fully saturated rings. The van der Waals surface area contributed by atoms with Crippen LogP contribution in [0.3, 0.4) is 0 Å². The quantitative estimate of drug-likeness (QED) is 0.0683.